The summed E-state index contributed by atoms with van der Waals surface area (Å²) >= 11 is 12.2. The zero-order valence-electron chi connectivity index (χ0n) is 12.6. The molecule has 0 bridgehead atoms. The molecule has 0 unspecified atom stereocenters. The van der Waals surface area contributed by atoms with Crippen molar-refractivity contribution in [3.8, 4) is 0 Å². The molecule has 1 atom stereocenters. The van der Waals surface area contributed by atoms with Gasteiger partial charge in [0.05, 0.1) is 33.7 Å². The molecule has 2 rings (SSSR count). The first-order valence-corrected chi connectivity index (χ1v) is 7.64. The molecule has 0 fully saturated rings. The number of benzene rings is 1. The van der Waals surface area contributed by atoms with Crippen LogP contribution >= 0.6 is 23.2 Å². The minimum Gasteiger partial charge on any atom is -0.322 e. The average molecular weight is 341 g/mol. The monoisotopic (exact) mass is 340 g/mol. The average Bonchev–Trinajstić information content (AvgIpc) is 2.79. The topological polar surface area (TPSA) is 69.8 Å². The third-order valence-corrected chi connectivity index (χ3v) is 4.24. The van der Waals surface area contributed by atoms with Crippen LogP contribution in [0.5, 0.6) is 0 Å². The molecule has 0 spiro atoms. The first-order chi connectivity index (χ1) is 10.4. The second kappa shape index (κ2) is 7.13. The van der Waals surface area contributed by atoms with Crippen molar-refractivity contribution < 1.29 is 4.79 Å². The molecule has 22 heavy (non-hydrogen) atoms. The summed E-state index contributed by atoms with van der Waals surface area (Å²) < 4.78 is 0. The molecule has 0 saturated heterocycles. The summed E-state index contributed by atoms with van der Waals surface area (Å²) in [5, 5.41) is 13.8. The van der Waals surface area contributed by atoms with E-state index in [1.165, 1.54) is 0 Å². The fraction of sp³-hybridized carbons (Fsp3) is 0.333. The number of carbonyl (C=O) groups excluding carboxylic acids is 1. The Morgan fingerprint density at radius 3 is 2.73 bits per heavy atom. The number of anilines is 1. The maximum absolute atomic E-state index is 12.0. The fourth-order valence-electron chi connectivity index (χ4n) is 2.13. The first kappa shape index (κ1) is 16.8. The Bertz CT molecular complexity index is 665. The molecule has 0 aliphatic carbocycles. The van der Waals surface area contributed by atoms with Crippen molar-refractivity contribution in [2.45, 2.75) is 26.8 Å². The van der Waals surface area contributed by atoms with Crippen molar-refractivity contribution in [3.05, 3.63) is 45.2 Å². The highest BCUT2D eigenvalue weighted by molar-refractivity contribution is 6.42. The standard InChI is InChI=1S/C15H18Cl2N4O/c1-8(11-5-4-6-12(16)14(11)17)18-7-13(22)19-15-9(2)20-21-10(15)3/h4-6,8,18H,7H2,1-3H3,(H,19,22)(H,20,21)/t8-/m0/s1. The van der Waals surface area contributed by atoms with Crippen LogP contribution in [0.4, 0.5) is 5.69 Å². The summed E-state index contributed by atoms with van der Waals surface area (Å²) in [5.41, 5.74) is 3.17. The van der Waals surface area contributed by atoms with Crippen LogP contribution in [0.1, 0.15) is 29.9 Å². The van der Waals surface area contributed by atoms with E-state index < -0.39 is 0 Å². The smallest absolute Gasteiger partial charge is 0.238 e. The minimum atomic E-state index is -0.141. The number of carbonyl (C=O) groups is 1. The Balaban J connectivity index is 1.95. The van der Waals surface area contributed by atoms with E-state index in [0.717, 1.165) is 22.6 Å². The van der Waals surface area contributed by atoms with E-state index in [4.69, 9.17) is 23.2 Å². The third kappa shape index (κ3) is 3.80. The van der Waals surface area contributed by atoms with Crippen LogP contribution in [0.15, 0.2) is 18.2 Å². The molecule has 0 radical (unpaired) electrons. The Morgan fingerprint density at radius 1 is 1.36 bits per heavy atom. The van der Waals surface area contributed by atoms with Crippen LogP contribution in [-0.2, 0) is 4.79 Å². The van der Waals surface area contributed by atoms with E-state index in [-0.39, 0.29) is 18.5 Å². The molecule has 3 N–H and O–H groups in total. The third-order valence-electron chi connectivity index (χ3n) is 3.41. The van der Waals surface area contributed by atoms with E-state index in [2.05, 4.69) is 20.8 Å². The minimum absolute atomic E-state index is 0.0940. The number of hydrogen-bond acceptors (Lipinski definition) is 3. The number of aromatic nitrogens is 2. The maximum atomic E-state index is 12.0. The van der Waals surface area contributed by atoms with E-state index in [0.29, 0.717) is 10.0 Å². The molecule has 1 amide bonds. The second-order valence-electron chi connectivity index (χ2n) is 5.10. The predicted octanol–water partition coefficient (Wildman–Crippen LogP) is 3.62. The molecule has 0 aliphatic rings. The van der Waals surface area contributed by atoms with Gasteiger partial charge in [-0.15, -0.1) is 0 Å². The number of H-pyrrole nitrogens is 1. The van der Waals surface area contributed by atoms with Crippen LogP contribution in [0.3, 0.4) is 0 Å². The number of amides is 1. The summed E-state index contributed by atoms with van der Waals surface area (Å²) in [6.45, 7) is 5.78. The molecule has 1 heterocycles. The molecule has 2 aromatic rings. The number of aromatic amines is 1. The largest absolute Gasteiger partial charge is 0.322 e. The normalized spacial score (nSPS) is 12.2. The number of rotatable bonds is 5. The molecule has 1 aromatic heterocycles. The highest BCUT2D eigenvalue weighted by Crippen LogP contribution is 2.29. The number of hydrogen-bond donors (Lipinski definition) is 3. The van der Waals surface area contributed by atoms with Crippen LogP contribution in [0.25, 0.3) is 0 Å². The van der Waals surface area contributed by atoms with Gasteiger partial charge < -0.3 is 10.6 Å². The van der Waals surface area contributed by atoms with Crippen molar-refractivity contribution in [3.63, 3.8) is 0 Å². The van der Waals surface area contributed by atoms with Crippen molar-refractivity contribution in [1.82, 2.24) is 15.5 Å². The molecular formula is C15H18Cl2N4O. The molecule has 7 heteroatoms. The quantitative estimate of drug-likeness (QED) is 0.778. The molecule has 1 aromatic carbocycles. The van der Waals surface area contributed by atoms with Crippen molar-refractivity contribution >= 4 is 34.8 Å². The summed E-state index contributed by atoms with van der Waals surface area (Å²) in [6.07, 6.45) is 0. The highest BCUT2D eigenvalue weighted by atomic mass is 35.5. The second-order valence-corrected chi connectivity index (χ2v) is 5.89. The maximum Gasteiger partial charge on any atom is 0.238 e. The van der Waals surface area contributed by atoms with Crippen LogP contribution in [0.2, 0.25) is 10.0 Å². The Morgan fingerprint density at radius 2 is 2.09 bits per heavy atom. The number of aryl methyl sites for hydroxylation is 2. The van der Waals surface area contributed by atoms with Crippen molar-refractivity contribution in [1.29, 1.82) is 0 Å². The molecular weight excluding hydrogens is 323 g/mol. The van der Waals surface area contributed by atoms with Gasteiger partial charge in [-0.2, -0.15) is 5.10 Å². The molecule has 0 saturated carbocycles. The lowest BCUT2D eigenvalue weighted by Gasteiger charge is -2.16. The van der Waals surface area contributed by atoms with E-state index in [9.17, 15) is 4.79 Å². The summed E-state index contributed by atoms with van der Waals surface area (Å²) in [5.74, 6) is -0.141. The lowest BCUT2D eigenvalue weighted by atomic mass is 10.1. The zero-order valence-corrected chi connectivity index (χ0v) is 14.1. The highest BCUT2D eigenvalue weighted by Gasteiger charge is 2.14. The van der Waals surface area contributed by atoms with E-state index in [1.54, 1.807) is 6.07 Å². The van der Waals surface area contributed by atoms with Gasteiger partial charge in [-0.3, -0.25) is 9.89 Å². The van der Waals surface area contributed by atoms with Crippen LogP contribution < -0.4 is 10.6 Å². The molecule has 5 nitrogen and oxygen atoms in total. The van der Waals surface area contributed by atoms with Gasteiger partial charge >= 0.3 is 0 Å². The van der Waals surface area contributed by atoms with Gasteiger partial charge in [0.2, 0.25) is 5.91 Å². The first-order valence-electron chi connectivity index (χ1n) is 6.89. The van der Waals surface area contributed by atoms with Crippen molar-refractivity contribution in [2.75, 3.05) is 11.9 Å². The van der Waals surface area contributed by atoms with Gasteiger partial charge in [-0.1, -0.05) is 35.3 Å². The van der Waals surface area contributed by atoms with Gasteiger partial charge in [0.15, 0.2) is 0 Å². The van der Waals surface area contributed by atoms with Gasteiger partial charge in [0.1, 0.15) is 0 Å². The SMILES string of the molecule is Cc1n[nH]c(C)c1NC(=O)CN[C@@H](C)c1cccc(Cl)c1Cl. The fourth-order valence-corrected chi connectivity index (χ4v) is 2.60. The van der Waals surface area contributed by atoms with Gasteiger partial charge in [0, 0.05) is 6.04 Å². The molecule has 118 valence electrons. The number of nitrogens with one attached hydrogen (secondary N) is 3. The number of nitrogens with zero attached hydrogens (tertiary/aromatic N) is 1. The summed E-state index contributed by atoms with van der Waals surface area (Å²) in [6, 6.07) is 5.36. The van der Waals surface area contributed by atoms with Crippen LogP contribution in [0, 0.1) is 13.8 Å². The lowest BCUT2D eigenvalue weighted by molar-refractivity contribution is -0.115. The van der Waals surface area contributed by atoms with Gasteiger partial charge in [-0.25, -0.2) is 0 Å². The predicted molar refractivity (Wildman–Crippen MR) is 89.6 cm³/mol. The van der Waals surface area contributed by atoms with Crippen molar-refractivity contribution in [2.24, 2.45) is 0 Å². The Kier molecular flexibility index (Phi) is 5.45. The lowest BCUT2D eigenvalue weighted by Crippen LogP contribution is -2.30. The van der Waals surface area contributed by atoms with Gasteiger partial charge in [0.25, 0.3) is 0 Å². The molecule has 0 aliphatic heterocycles. The Labute approximate surface area is 139 Å². The summed E-state index contributed by atoms with van der Waals surface area (Å²) in [7, 11) is 0. The van der Waals surface area contributed by atoms with Crippen LogP contribution in [-0.4, -0.2) is 22.6 Å². The van der Waals surface area contributed by atoms with E-state index in [1.807, 2.05) is 32.9 Å². The Hall–Kier alpha value is -1.56. The van der Waals surface area contributed by atoms with Gasteiger partial charge in [-0.05, 0) is 32.4 Å². The number of halogens is 2. The van der Waals surface area contributed by atoms with E-state index >= 15 is 0 Å². The zero-order chi connectivity index (χ0) is 16.3. The summed E-state index contributed by atoms with van der Waals surface area (Å²) in [4.78, 5) is 12.0.